The molecule has 3 fully saturated rings. The molecule has 3 aliphatic heterocycles. The maximum Gasteiger partial charge on any atom is 0.415 e. The first kappa shape index (κ1) is 35.3. The first-order valence-corrected chi connectivity index (χ1v) is 17.2. The normalized spacial score (nSPS) is 18.5. The molecule has 2 bridgehead atoms. The zero-order valence-corrected chi connectivity index (χ0v) is 29.7. The number of fused-ring (bicyclic) bond motifs is 3. The number of carbonyl (C=O) groups excluding carboxylic acids is 2. The van der Waals surface area contributed by atoms with Gasteiger partial charge >= 0.3 is 12.1 Å². The van der Waals surface area contributed by atoms with Gasteiger partial charge in [0.1, 0.15) is 18.0 Å². The Morgan fingerprint density at radius 1 is 0.880 bits per heavy atom. The minimum Gasteiger partial charge on any atom is -0.495 e. The fraction of sp³-hybridized carbons (Fsp3) is 0.342. The highest BCUT2D eigenvalue weighted by atomic mass is 35.5. The number of carbonyl (C=O) groups is 2. The summed E-state index contributed by atoms with van der Waals surface area (Å²) in [4.78, 5) is 35.7. The van der Waals surface area contributed by atoms with Crippen molar-refractivity contribution in [2.45, 2.75) is 38.0 Å². The number of piperidine rings is 3. The molecule has 0 saturated carbocycles. The summed E-state index contributed by atoms with van der Waals surface area (Å²) in [5, 5.41) is 0.699. The molecular formula is C38H39Cl2N3O7. The van der Waals surface area contributed by atoms with E-state index in [2.05, 4.69) is 9.88 Å². The van der Waals surface area contributed by atoms with Crippen LogP contribution >= 0.6 is 23.2 Å². The van der Waals surface area contributed by atoms with Crippen LogP contribution in [0.3, 0.4) is 0 Å². The molecule has 4 heterocycles. The zero-order chi connectivity index (χ0) is 35.2. The third-order valence-electron chi connectivity index (χ3n) is 9.32. The smallest absolute Gasteiger partial charge is 0.415 e. The van der Waals surface area contributed by atoms with Crippen molar-refractivity contribution in [1.29, 1.82) is 0 Å². The van der Waals surface area contributed by atoms with Crippen LogP contribution in [0.25, 0.3) is 0 Å². The number of rotatable bonds is 12. The summed E-state index contributed by atoms with van der Waals surface area (Å²) in [6.07, 6.45) is 3.74. The number of hydrogen-bond acceptors (Lipinski definition) is 9. The molecular weight excluding hydrogens is 681 g/mol. The van der Waals surface area contributed by atoms with Crippen LogP contribution in [0, 0.1) is 5.92 Å². The number of anilines is 1. The molecule has 3 aromatic carbocycles. The minimum atomic E-state index is -0.801. The molecule has 10 nitrogen and oxygen atoms in total. The van der Waals surface area contributed by atoms with Crippen LogP contribution in [0.4, 0.5) is 10.5 Å². The molecule has 7 rings (SSSR count). The molecule has 0 spiro atoms. The molecule has 262 valence electrons. The molecule has 0 unspecified atom stereocenters. The van der Waals surface area contributed by atoms with Crippen molar-refractivity contribution in [2.75, 3.05) is 45.9 Å². The SMILES string of the molecule is COc1ccc([C@H](Cc2c(Cl)cncc2Cl)OC(=O)c2cccc(CN(C(=O)O[C@H]3CN4CCC3CC4)c3ccccc3OC)c2)cc1OC. The van der Waals surface area contributed by atoms with Gasteiger partial charge in [-0.15, -0.1) is 0 Å². The maximum absolute atomic E-state index is 13.9. The topological polar surface area (TPSA) is 99.7 Å². The van der Waals surface area contributed by atoms with Gasteiger partial charge in [0.15, 0.2) is 11.5 Å². The predicted molar refractivity (Wildman–Crippen MR) is 191 cm³/mol. The van der Waals surface area contributed by atoms with E-state index in [0.29, 0.717) is 61.2 Å². The number of pyridine rings is 1. The van der Waals surface area contributed by atoms with Crippen molar-refractivity contribution in [3.8, 4) is 17.2 Å². The number of aromatic nitrogens is 1. The van der Waals surface area contributed by atoms with Gasteiger partial charge in [-0.3, -0.25) is 14.8 Å². The average Bonchev–Trinajstić information content (AvgIpc) is 3.15. The summed E-state index contributed by atoms with van der Waals surface area (Å²) < 4.78 is 28.9. The minimum absolute atomic E-state index is 0.128. The van der Waals surface area contributed by atoms with Crippen LogP contribution in [0.1, 0.15) is 46.0 Å². The van der Waals surface area contributed by atoms with Gasteiger partial charge in [-0.05, 0) is 84.9 Å². The highest BCUT2D eigenvalue weighted by molar-refractivity contribution is 6.35. The van der Waals surface area contributed by atoms with Crippen LogP contribution in [-0.4, -0.2) is 69.0 Å². The zero-order valence-electron chi connectivity index (χ0n) is 28.1. The van der Waals surface area contributed by atoms with Gasteiger partial charge in [-0.25, -0.2) is 9.59 Å². The monoisotopic (exact) mass is 719 g/mol. The van der Waals surface area contributed by atoms with E-state index in [4.69, 9.17) is 46.9 Å². The lowest BCUT2D eigenvalue weighted by atomic mass is 9.86. The van der Waals surface area contributed by atoms with Crippen molar-refractivity contribution in [1.82, 2.24) is 9.88 Å². The second-order valence-corrected chi connectivity index (χ2v) is 13.1. The molecule has 50 heavy (non-hydrogen) atoms. The lowest BCUT2D eigenvalue weighted by Gasteiger charge is -2.44. The fourth-order valence-corrected chi connectivity index (χ4v) is 7.13. The molecule has 12 heteroatoms. The quantitative estimate of drug-likeness (QED) is 0.136. The molecule has 4 aromatic rings. The summed E-state index contributed by atoms with van der Waals surface area (Å²) in [5.74, 6) is 1.30. The van der Waals surface area contributed by atoms with Crippen molar-refractivity contribution in [3.63, 3.8) is 0 Å². The van der Waals surface area contributed by atoms with Crippen LogP contribution < -0.4 is 19.1 Å². The highest BCUT2D eigenvalue weighted by Gasteiger charge is 2.38. The third-order valence-corrected chi connectivity index (χ3v) is 9.97. The fourth-order valence-electron chi connectivity index (χ4n) is 6.61. The lowest BCUT2D eigenvalue weighted by molar-refractivity contribution is -0.0311. The van der Waals surface area contributed by atoms with Crippen LogP contribution in [-0.2, 0) is 22.4 Å². The van der Waals surface area contributed by atoms with Crippen molar-refractivity contribution < 1.29 is 33.3 Å². The Kier molecular flexibility index (Phi) is 11.3. The standard InChI is InChI=1S/C38H39Cl2N3O7/c1-46-32-10-5-4-9-31(32)43(38(45)50-36-23-42-15-13-25(36)14-16-42)22-24-7-6-8-27(17-24)37(44)49-34(19-28-29(39)20-41-21-30(28)40)26-11-12-33(47-2)35(18-26)48-3/h4-12,17-18,20-21,25,34,36H,13-16,19,22-23H2,1-3H3/t34-,36-/m0/s1. The number of para-hydroxylation sites is 2. The van der Waals surface area contributed by atoms with Gasteiger partial charge in [0, 0.05) is 25.4 Å². The molecule has 0 N–H and O–H groups in total. The number of methoxy groups -OCH3 is 3. The van der Waals surface area contributed by atoms with Gasteiger partial charge in [-0.1, -0.05) is 53.5 Å². The van der Waals surface area contributed by atoms with E-state index in [1.165, 1.54) is 19.5 Å². The van der Waals surface area contributed by atoms with E-state index < -0.39 is 18.2 Å². The van der Waals surface area contributed by atoms with Gasteiger partial charge in [0.05, 0.1) is 49.2 Å². The molecule has 0 aliphatic carbocycles. The van der Waals surface area contributed by atoms with E-state index in [1.807, 2.05) is 24.3 Å². The molecule has 1 amide bonds. The van der Waals surface area contributed by atoms with Gasteiger partial charge < -0.3 is 23.7 Å². The van der Waals surface area contributed by atoms with Crippen molar-refractivity contribution >= 4 is 41.0 Å². The second kappa shape index (κ2) is 16.0. The Morgan fingerprint density at radius 3 is 2.28 bits per heavy atom. The first-order chi connectivity index (χ1) is 24.3. The molecule has 3 saturated heterocycles. The third kappa shape index (κ3) is 7.93. The van der Waals surface area contributed by atoms with Crippen molar-refractivity contribution in [3.05, 3.63) is 111 Å². The van der Waals surface area contributed by atoms with Gasteiger partial charge in [0.2, 0.25) is 0 Å². The van der Waals surface area contributed by atoms with E-state index in [0.717, 1.165) is 32.5 Å². The number of nitrogens with zero attached hydrogens (tertiary/aromatic N) is 3. The van der Waals surface area contributed by atoms with Crippen LogP contribution in [0.5, 0.6) is 17.2 Å². The van der Waals surface area contributed by atoms with E-state index in [-0.39, 0.29) is 19.1 Å². The Labute approximate surface area is 301 Å². The average molecular weight is 721 g/mol. The number of halogens is 2. The summed E-state index contributed by atoms with van der Waals surface area (Å²) in [6.45, 7) is 2.93. The van der Waals surface area contributed by atoms with E-state index >= 15 is 0 Å². The highest BCUT2D eigenvalue weighted by Crippen LogP contribution is 2.37. The number of amides is 1. The van der Waals surface area contributed by atoms with Gasteiger partial charge in [0.25, 0.3) is 0 Å². The van der Waals surface area contributed by atoms with E-state index in [1.54, 1.807) is 61.6 Å². The van der Waals surface area contributed by atoms with Crippen LogP contribution in [0.2, 0.25) is 10.0 Å². The van der Waals surface area contributed by atoms with E-state index in [9.17, 15) is 9.59 Å². The Hall–Kier alpha value is -4.51. The Balaban J connectivity index is 1.27. The summed E-state index contributed by atoms with van der Waals surface area (Å²) in [6, 6.07) is 19.6. The largest absolute Gasteiger partial charge is 0.495 e. The number of benzene rings is 3. The molecule has 1 aromatic heterocycles. The molecule has 0 radical (unpaired) electrons. The van der Waals surface area contributed by atoms with Crippen LogP contribution in [0.15, 0.2) is 79.1 Å². The molecule has 2 atom stereocenters. The predicted octanol–water partition coefficient (Wildman–Crippen LogP) is 7.79. The first-order valence-electron chi connectivity index (χ1n) is 16.4. The van der Waals surface area contributed by atoms with Gasteiger partial charge in [-0.2, -0.15) is 0 Å². The summed E-state index contributed by atoms with van der Waals surface area (Å²) in [5.41, 5.74) is 2.78. The number of esters is 1. The Morgan fingerprint density at radius 2 is 1.60 bits per heavy atom. The lowest BCUT2D eigenvalue weighted by Crippen LogP contribution is -2.53. The second-order valence-electron chi connectivity index (χ2n) is 12.3. The van der Waals surface area contributed by atoms with Crippen molar-refractivity contribution in [2.24, 2.45) is 5.92 Å². The number of hydrogen-bond donors (Lipinski definition) is 0. The number of ether oxygens (including phenoxy) is 5. The molecule has 3 aliphatic rings. The summed E-state index contributed by atoms with van der Waals surface area (Å²) in [7, 11) is 4.64. The maximum atomic E-state index is 13.9. The summed E-state index contributed by atoms with van der Waals surface area (Å²) >= 11 is 13.0. The Bertz CT molecular complexity index is 1810.